The van der Waals surface area contributed by atoms with E-state index in [4.69, 9.17) is 15.2 Å². The van der Waals surface area contributed by atoms with Gasteiger partial charge in [-0.05, 0) is 13.3 Å². The fourth-order valence-corrected chi connectivity index (χ4v) is 1.39. The minimum atomic E-state index is -0.219. The number of amides is 1. The van der Waals surface area contributed by atoms with Crippen molar-refractivity contribution in [1.82, 2.24) is 5.32 Å². The minimum absolute atomic E-state index is 0.0762. The Bertz CT molecular complexity index is 190. The lowest BCUT2D eigenvalue weighted by Gasteiger charge is -2.23. The lowest BCUT2D eigenvalue weighted by atomic mass is 10.0. The lowest BCUT2D eigenvalue weighted by molar-refractivity contribution is -0.127. The number of carbonyl (C=O) groups excluding carboxylic acids is 1. The Morgan fingerprint density at radius 2 is 2.50 bits per heavy atom. The Morgan fingerprint density at radius 1 is 1.71 bits per heavy atom. The number of hydrogen-bond acceptors (Lipinski definition) is 4. The predicted molar refractivity (Wildman–Crippen MR) is 51.9 cm³/mol. The van der Waals surface area contributed by atoms with Gasteiger partial charge < -0.3 is 20.5 Å². The summed E-state index contributed by atoms with van der Waals surface area (Å²) in [6, 6.07) is 0. The largest absolute Gasteiger partial charge is 0.379 e. The van der Waals surface area contributed by atoms with Gasteiger partial charge >= 0.3 is 0 Å². The highest BCUT2D eigenvalue weighted by atomic mass is 16.5. The van der Waals surface area contributed by atoms with Gasteiger partial charge in [-0.3, -0.25) is 4.79 Å². The maximum atomic E-state index is 11.3. The summed E-state index contributed by atoms with van der Waals surface area (Å²) < 4.78 is 10.2. The molecule has 1 amide bonds. The van der Waals surface area contributed by atoms with E-state index < -0.39 is 0 Å². The number of nitrogens with one attached hydrogen (secondary N) is 1. The van der Waals surface area contributed by atoms with Gasteiger partial charge in [0.1, 0.15) is 6.61 Å². The Kier molecular flexibility index (Phi) is 4.31. The van der Waals surface area contributed by atoms with E-state index in [1.54, 1.807) is 0 Å². The zero-order valence-electron chi connectivity index (χ0n) is 8.54. The van der Waals surface area contributed by atoms with E-state index in [0.717, 1.165) is 6.42 Å². The van der Waals surface area contributed by atoms with Gasteiger partial charge in [-0.1, -0.05) is 0 Å². The van der Waals surface area contributed by atoms with Crippen LogP contribution in [0.15, 0.2) is 0 Å². The van der Waals surface area contributed by atoms with E-state index in [0.29, 0.717) is 26.4 Å². The first kappa shape index (κ1) is 11.4. The van der Waals surface area contributed by atoms with Crippen LogP contribution in [0.4, 0.5) is 0 Å². The van der Waals surface area contributed by atoms with Crippen LogP contribution in [0.25, 0.3) is 0 Å². The molecule has 0 radical (unpaired) electrons. The molecule has 5 nitrogen and oxygen atoms in total. The van der Waals surface area contributed by atoms with Crippen LogP contribution in [0.1, 0.15) is 13.3 Å². The van der Waals surface area contributed by atoms with Crippen LogP contribution in [0.3, 0.4) is 0 Å². The summed E-state index contributed by atoms with van der Waals surface area (Å²) in [5, 5.41) is 2.88. The summed E-state index contributed by atoms with van der Waals surface area (Å²) in [6.45, 7) is 4.19. The van der Waals surface area contributed by atoms with Gasteiger partial charge in [0, 0.05) is 13.2 Å². The van der Waals surface area contributed by atoms with Crippen LogP contribution < -0.4 is 11.1 Å². The smallest absolute Gasteiger partial charge is 0.246 e. The second-order valence-corrected chi connectivity index (χ2v) is 3.75. The van der Waals surface area contributed by atoms with Crippen molar-refractivity contribution in [3.63, 3.8) is 0 Å². The molecular formula is C9H18N2O3. The van der Waals surface area contributed by atoms with Gasteiger partial charge in [0.15, 0.2) is 0 Å². The molecule has 0 aliphatic carbocycles. The van der Waals surface area contributed by atoms with Gasteiger partial charge in [0.2, 0.25) is 5.91 Å². The van der Waals surface area contributed by atoms with Gasteiger partial charge in [0.05, 0.1) is 18.8 Å². The molecule has 0 aromatic carbocycles. The van der Waals surface area contributed by atoms with Gasteiger partial charge in [-0.15, -0.1) is 0 Å². The first-order chi connectivity index (χ1) is 6.66. The molecule has 0 aromatic rings. The second-order valence-electron chi connectivity index (χ2n) is 3.75. The fourth-order valence-electron chi connectivity index (χ4n) is 1.39. The van der Waals surface area contributed by atoms with Crippen molar-refractivity contribution in [3.05, 3.63) is 0 Å². The summed E-state index contributed by atoms with van der Waals surface area (Å²) in [4.78, 5) is 11.3. The molecule has 14 heavy (non-hydrogen) atoms. The van der Waals surface area contributed by atoms with Gasteiger partial charge in [-0.25, -0.2) is 0 Å². The van der Waals surface area contributed by atoms with E-state index in [1.165, 1.54) is 0 Å². The number of carbonyl (C=O) groups is 1. The zero-order chi connectivity index (χ0) is 10.4. The fraction of sp³-hybridized carbons (Fsp3) is 0.889. The summed E-state index contributed by atoms with van der Waals surface area (Å²) in [7, 11) is 0. The number of nitrogens with two attached hydrogens (primary N) is 1. The molecule has 0 bridgehead atoms. The maximum Gasteiger partial charge on any atom is 0.246 e. The normalized spacial score (nSPS) is 26.4. The number of hydrogen-bond donors (Lipinski definition) is 2. The van der Waals surface area contributed by atoms with Crippen molar-refractivity contribution in [2.24, 2.45) is 5.73 Å². The van der Waals surface area contributed by atoms with E-state index >= 15 is 0 Å². The van der Waals surface area contributed by atoms with Gasteiger partial charge in [0.25, 0.3) is 0 Å². The zero-order valence-corrected chi connectivity index (χ0v) is 8.54. The first-order valence-electron chi connectivity index (χ1n) is 4.83. The molecule has 1 fully saturated rings. The van der Waals surface area contributed by atoms with Crippen molar-refractivity contribution < 1.29 is 14.3 Å². The highest BCUT2D eigenvalue weighted by molar-refractivity contribution is 5.78. The second kappa shape index (κ2) is 5.29. The van der Waals surface area contributed by atoms with E-state index in [2.05, 4.69) is 5.32 Å². The van der Waals surface area contributed by atoms with Crippen molar-refractivity contribution in [2.75, 3.05) is 33.0 Å². The van der Waals surface area contributed by atoms with Crippen LogP contribution >= 0.6 is 0 Å². The van der Waals surface area contributed by atoms with Gasteiger partial charge in [-0.2, -0.15) is 0 Å². The van der Waals surface area contributed by atoms with Crippen LogP contribution in [-0.2, 0) is 14.3 Å². The van der Waals surface area contributed by atoms with Crippen molar-refractivity contribution in [1.29, 1.82) is 0 Å². The summed E-state index contributed by atoms with van der Waals surface area (Å²) in [5.74, 6) is -0.105. The molecule has 1 unspecified atom stereocenters. The lowest BCUT2D eigenvalue weighted by Crippen LogP contribution is -2.47. The molecule has 1 aliphatic heterocycles. The third-order valence-corrected chi connectivity index (χ3v) is 2.16. The standard InChI is InChI=1S/C9H18N2O3/c1-9(2-4-14-7-9)11-8(12)6-13-5-3-10/h2-7,10H2,1H3,(H,11,12). The topological polar surface area (TPSA) is 73.6 Å². The molecule has 1 saturated heterocycles. The van der Waals surface area contributed by atoms with E-state index in [1.807, 2.05) is 6.92 Å². The monoisotopic (exact) mass is 202 g/mol. The third kappa shape index (κ3) is 3.61. The van der Waals surface area contributed by atoms with Crippen LogP contribution in [0.5, 0.6) is 0 Å². The van der Waals surface area contributed by atoms with Crippen LogP contribution in [0, 0.1) is 0 Å². The van der Waals surface area contributed by atoms with Crippen molar-refractivity contribution in [2.45, 2.75) is 18.9 Å². The first-order valence-corrected chi connectivity index (χ1v) is 4.83. The highest BCUT2D eigenvalue weighted by Gasteiger charge is 2.30. The van der Waals surface area contributed by atoms with Crippen LogP contribution in [0.2, 0.25) is 0 Å². The van der Waals surface area contributed by atoms with Crippen LogP contribution in [-0.4, -0.2) is 44.4 Å². The van der Waals surface area contributed by atoms with Crippen molar-refractivity contribution in [3.8, 4) is 0 Å². The van der Waals surface area contributed by atoms with E-state index in [-0.39, 0.29) is 18.1 Å². The summed E-state index contributed by atoms with van der Waals surface area (Å²) >= 11 is 0. The molecule has 3 N–H and O–H groups in total. The number of rotatable bonds is 5. The van der Waals surface area contributed by atoms with Crippen molar-refractivity contribution >= 4 is 5.91 Å². The molecule has 1 atom stereocenters. The quantitative estimate of drug-likeness (QED) is 0.576. The molecule has 0 spiro atoms. The summed E-state index contributed by atoms with van der Waals surface area (Å²) in [5.41, 5.74) is 5.01. The number of ether oxygens (including phenoxy) is 2. The summed E-state index contributed by atoms with van der Waals surface area (Å²) in [6.07, 6.45) is 0.857. The molecule has 1 rings (SSSR count). The molecular weight excluding hydrogens is 184 g/mol. The molecule has 1 aliphatic rings. The Hall–Kier alpha value is -0.650. The average Bonchev–Trinajstić information content (AvgIpc) is 2.52. The molecule has 82 valence electrons. The Balaban J connectivity index is 2.19. The Labute approximate surface area is 83.9 Å². The third-order valence-electron chi connectivity index (χ3n) is 2.16. The highest BCUT2D eigenvalue weighted by Crippen LogP contribution is 2.16. The maximum absolute atomic E-state index is 11.3. The van der Waals surface area contributed by atoms with E-state index in [9.17, 15) is 4.79 Å². The minimum Gasteiger partial charge on any atom is -0.379 e. The SMILES string of the molecule is CC1(NC(=O)COCCN)CCOC1. The molecule has 0 aromatic heterocycles. The molecule has 1 heterocycles. The average molecular weight is 202 g/mol. The molecule has 0 saturated carbocycles. The molecule has 5 heteroatoms. The Morgan fingerprint density at radius 3 is 3.07 bits per heavy atom. The predicted octanol–water partition coefficient (Wildman–Crippen LogP) is -0.743.